The minimum atomic E-state index is 0.551. The second-order valence-corrected chi connectivity index (χ2v) is 4.75. The molecular weight excluding hydrogens is 250 g/mol. The first-order chi connectivity index (χ1) is 9.76. The summed E-state index contributed by atoms with van der Waals surface area (Å²) in [7, 11) is 0. The molecule has 1 aromatic carbocycles. The van der Waals surface area contributed by atoms with Crippen molar-refractivity contribution in [2.45, 2.75) is 19.5 Å². The molecule has 2 N–H and O–H groups in total. The van der Waals surface area contributed by atoms with Gasteiger partial charge in [-0.15, -0.1) is 0 Å². The van der Waals surface area contributed by atoms with Crippen LogP contribution in [0.1, 0.15) is 12.0 Å². The molecule has 0 aliphatic heterocycles. The van der Waals surface area contributed by atoms with Gasteiger partial charge < -0.3 is 10.3 Å². The van der Waals surface area contributed by atoms with E-state index in [0.717, 1.165) is 30.4 Å². The molecule has 0 aliphatic rings. The van der Waals surface area contributed by atoms with Crippen molar-refractivity contribution in [3.8, 4) is 6.07 Å². The zero-order chi connectivity index (χ0) is 13.9. The number of anilines is 1. The summed E-state index contributed by atoms with van der Waals surface area (Å²) in [6, 6.07) is 11.8. The topological polar surface area (TPSA) is 72.6 Å². The van der Waals surface area contributed by atoms with Crippen LogP contribution in [0.3, 0.4) is 0 Å². The number of aromatic nitrogens is 3. The Morgan fingerprint density at radius 2 is 2.05 bits per heavy atom. The fourth-order valence-corrected chi connectivity index (χ4v) is 2.35. The van der Waals surface area contributed by atoms with E-state index in [1.165, 1.54) is 0 Å². The van der Waals surface area contributed by atoms with Gasteiger partial charge in [-0.1, -0.05) is 6.07 Å². The van der Waals surface area contributed by atoms with Gasteiger partial charge in [0.25, 0.3) is 0 Å². The molecule has 0 spiro atoms. The summed E-state index contributed by atoms with van der Waals surface area (Å²) in [6.45, 7) is 1.72. The molecule has 0 radical (unpaired) electrons. The number of rotatable bonds is 4. The van der Waals surface area contributed by atoms with Crippen LogP contribution in [-0.2, 0) is 13.1 Å². The Morgan fingerprint density at radius 1 is 1.15 bits per heavy atom. The molecular formula is C15H15N5. The van der Waals surface area contributed by atoms with Gasteiger partial charge in [0, 0.05) is 31.0 Å². The second kappa shape index (κ2) is 5.10. The van der Waals surface area contributed by atoms with Crippen molar-refractivity contribution >= 4 is 16.7 Å². The standard InChI is InChI=1S/C15H15N5/c16-11-12-2-3-13-4-8-19(14(13)10-12)6-1-7-20-9-5-15(17)18-20/h2-5,8-10H,1,6-7H2,(H2,17,18). The average Bonchev–Trinajstić information content (AvgIpc) is 3.05. The summed E-state index contributed by atoms with van der Waals surface area (Å²) in [5, 5.41) is 14.3. The van der Waals surface area contributed by atoms with Crippen molar-refractivity contribution in [3.05, 3.63) is 48.3 Å². The van der Waals surface area contributed by atoms with Gasteiger partial charge >= 0.3 is 0 Å². The number of hydrogen-bond donors (Lipinski definition) is 1. The van der Waals surface area contributed by atoms with Crippen molar-refractivity contribution < 1.29 is 0 Å². The van der Waals surface area contributed by atoms with Gasteiger partial charge in [-0.25, -0.2) is 0 Å². The Bertz CT molecular complexity index is 775. The summed E-state index contributed by atoms with van der Waals surface area (Å²) in [4.78, 5) is 0. The van der Waals surface area contributed by atoms with E-state index < -0.39 is 0 Å². The van der Waals surface area contributed by atoms with E-state index in [9.17, 15) is 0 Å². The SMILES string of the molecule is N#Cc1ccc2ccn(CCCn3ccc(N)n3)c2c1. The van der Waals surface area contributed by atoms with Crippen LogP contribution in [0.2, 0.25) is 0 Å². The van der Waals surface area contributed by atoms with Crippen LogP contribution in [0.25, 0.3) is 10.9 Å². The molecule has 3 aromatic rings. The predicted octanol–water partition coefficient (Wildman–Crippen LogP) is 2.38. The molecule has 20 heavy (non-hydrogen) atoms. The highest BCUT2D eigenvalue weighted by atomic mass is 15.3. The molecule has 2 aromatic heterocycles. The number of fused-ring (bicyclic) bond motifs is 1. The van der Waals surface area contributed by atoms with Crippen molar-refractivity contribution in [3.63, 3.8) is 0 Å². The van der Waals surface area contributed by atoms with Crippen LogP contribution in [-0.4, -0.2) is 14.3 Å². The molecule has 0 saturated carbocycles. The quantitative estimate of drug-likeness (QED) is 0.787. The van der Waals surface area contributed by atoms with Crippen LogP contribution >= 0.6 is 0 Å². The fourth-order valence-electron chi connectivity index (χ4n) is 2.35. The lowest BCUT2D eigenvalue weighted by Crippen LogP contribution is -2.04. The number of aryl methyl sites for hydroxylation is 2. The first-order valence-corrected chi connectivity index (χ1v) is 6.54. The Kier molecular flexibility index (Phi) is 3.13. The van der Waals surface area contributed by atoms with Crippen LogP contribution in [0, 0.1) is 11.3 Å². The Hall–Kier alpha value is -2.74. The highest BCUT2D eigenvalue weighted by Gasteiger charge is 2.02. The minimum Gasteiger partial charge on any atom is -0.382 e. The normalized spacial score (nSPS) is 10.8. The molecule has 5 heteroatoms. The lowest BCUT2D eigenvalue weighted by molar-refractivity contribution is 0.535. The highest BCUT2D eigenvalue weighted by Crippen LogP contribution is 2.18. The van der Waals surface area contributed by atoms with Crippen LogP contribution in [0.4, 0.5) is 5.82 Å². The number of hydrogen-bond acceptors (Lipinski definition) is 3. The van der Waals surface area contributed by atoms with E-state index in [2.05, 4.69) is 28.0 Å². The molecule has 5 nitrogen and oxygen atoms in total. The van der Waals surface area contributed by atoms with Crippen molar-refractivity contribution in [1.82, 2.24) is 14.3 Å². The van der Waals surface area contributed by atoms with E-state index >= 15 is 0 Å². The average molecular weight is 265 g/mol. The van der Waals surface area contributed by atoms with Crippen molar-refractivity contribution in [2.75, 3.05) is 5.73 Å². The summed E-state index contributed by atoms with van der Waals surface area (Å²) >= 11 is 0. The molecule has 0 saturated heterocycles. The third-order valence-electron chi connectivity index (χ3n) is 3.35. The molecule has 100 valence electrons. The third-order valence-corrected chi connectivity index (χ3v) is 3.35. The van der Waals surface area contributed by atoms with E-state index in [1.54, 1.807) is 6.07 Å². The number of nitriles is 1. The number of nitrogens with two attached hydrogens (primary N) is 1. The zero-order valence-electron chi connectivity index (χ0n) is 11.0. The first kappa shape index (κ1) is 12.3. The molecule has 0 bridgehead atoms. The van der Waals surface area contributed by atoms with Gasteiger partial charge in [0.1, 0.15) is 5.82 Å². The third kappa shape index (κ3) is 2.36. The summed E-state index contributed by atoms with van der Waals surface area (Å²) in [5.41, 5.74) is 7.38. The van der Waals surface area contributed by atoms with E-state index in [1.807, 2.05) is 29.1 Å². The van der Waals surface area contributed by atoms with Crippen LogP contribution in [0.5, 0.6) is 0 Å². The van der Waals surface area contributed by atoms with Gasteiger partial charge in [-0.05, 0) is 36.1 Å². The Morgan fingerprint density at radius 3 is 2.80 bits per heavy atom. The number of nitrogen functional groups attached to an aromatic ring is 1. The molecule has 3 rings (SSSR count). The number of benzene rings is 1. The second-order valence-electron chi connectivity index (χ2n) is 4.75. The van der Waals surface area contributed by atoms with Crippen molar-refractivity contribution in [1.29, 1.82) is 5.26 Å². The maximum absolute atomic E-state index is 8.97. The molecule has 0 atom stereocenters. The van der Waals surface area contributed by atoms with E-state index in [0.29, 0.717) is 11.4 Å². The predicted molar refractivity (Wildman–Crippen MR) is 77.9 cm³/mol. The van der Waals surface area contributed by atoms with Crippen LogP contribution < -0.4 is 5.73 Å². The molecule has 0 unspecified atom stereocenters. The molecule has 0 fully saturated rings. The maximum Gasteiger partial charge on any atom is 0.145 e. The largest absolute Gasteiger partial charge is 0.382 e. The van der Waals surface area contributed by atoms with E-state index in [4.69, 9.17) is 11.0 Å². The maximum atomic E-state index is 8.97. The number of nitrogens with zero attached hydrogens (tertiary/aromatic N) is 4. The fraction of sp³-hybridized carbons (Fsp3) is 0.200. The monoisotopic (exact) mass is 265 g/mol. The van der Waals surface area contributed by atoms with E-state index in [-0.39, 0.29) is 0 Å². The summed E-state index contributed by atoms with van der Waals surface area (Å²) < 4.78 is 4.02. The Labute approximate surface area is 116 Å². The zero-order valence-corrected chi connectivity index (χ0v) is 11.0. The minimum absolute atomic E-state index is 0.551. The lowest BCUT2D eigenvalue weighted by Gasteiger charge is -2.06. The molecule has 2 heterocycles. The Balaban J connectivity index is 1.72. The smallest absolute Gasteiger partial charge is 0.145 e. The van der Waals surface area contributed by atoms with Gasteiger partial charge in [-0.3, -0.25) is 4.68 Å². The molecule has 0 aliphatic carbocycles. The van der Waals surface area contributed by atoms with Gasteiger partial charge in [0.15, 0.2) is 0 Å². The van der Waals surface area contributed by atoms with Crippen LogP contribution in [0.15, 0.2) is 42.7 Å². The van der Waals surface area contributed by atoms with Crippen molar-refractivity contribution in [2.24, 2.45) is 0 Å². The van der Waals surface area contributed by atoms with Gasteiger partial charge in [-0.2, -0.15) is 10.4 Å². The van der Waals surface area contributed by atoms with Gasteiger partial charge in [0.2, 0.25) is 0 Å². The molecule has 0 amide bonds. The lowest BCUT2D eigenvalue weighted by atomic mass is 10.2. The summed E-state index contributed by atoms with van der Waals surface area (Å²) in [5.74, 6) is 0.551. The van der Waals surface area contributed by atoms with Gasteiger partial charge in [0.05, 0.1) is 11.6 Å². The summed E-state index contributed by atoms with van der Waals surface area (Å²) in [6.07, 6.45) is 4.90. The highest BCUT2D eigenvalue weighted by molar-refractivity contribution is 5.81. The first-order valence-electron chi connectivity index (χ1n) is 6.54.